The van der Waals surface area contributed by atoms with Crippen LogP contribution in [0.5, 0.6) is 0 Å². The molecule has 0 saturated heterocycles. The molecule has 0 spiro atoms. The van der Waals surface area contributed by atoms with E-state index in [0.29, 0.717) is 0 Å². The monoisotopic (exact) mass is 807 g/mol. The van der Waals surface area contributed by atoms with Gasteiger partial charge in [0.2, 0.25) is 0 Å². The quantitative estimate of drug-likeness (QED) is 0.133. The van der Waals surface area contributed by atoms with Crippen molar-refractivity contribution in [2.45, 2.75) is 0 Å². The van der Waals surface area contributed by atoms with Gasteiger partial charge in [0, 0.05) is 45.5 Å². The molecular formula is C60H45N3. The fraction of sp³-hybridized carbons (Fsp3) is 0. The Labute approximate surface area is 370 Å². The Kier molecular flexibility index (Phi) is 11.1. The molecule has 0 saturated carbocycles. The average molecular weight is 808 g/mol. The maximum absolute atomic E-state index is 3.58. The summed E-state index contributed by atoms with van der Waals surface area (Å²) in [6.45, 7) is 0. The minimum atomic E-state index is 1.05. The lowest BCUT2D eigenvalue weighted by molar-refractivity contribution is 1.28. The molecule has 10 aromatic rings. The molecule has 1 N–H and O–H groups in total. The first-order chi connectivity index (χ1) is 31.2. The van der Waals surface area contributed by atoms with Crippen molar-refractivity contribution < 1.29 is 0 Å². The van der Waals surface area contributed by atoms with Crippen LogP contribution in [-0.4, -0.2) is 0 Å². The van der Waals surface area contributed by atoms with Crippen molar-refractivity contribution in [1.82, 2.24) is 0 Å². The van der Waals surface area contributed by atoms with Crippen molar-refractivity contribution >= 4 is 45.5 Å². The molecule has 0 bridgehead atoms. The van der Waals surface area contributed by atoms with Crippen molar-refractivity contribution in [3.8, 4) is 44.5 Å². The van der Waals surface area contributed by atoms with Gasteiger partial charge in [-0.3, -0.25) is 0 Å². The molecule has 0 aliphatic rings. The highest BCUT2D eigenvalue weighted by Crippen LogP contribution is 2.38. The van der Waals surface area contributed by atoms with Gasteiger partial charge in [0.25, 0.3) is 0 Å². The van der Waals surface area contributed by atoms with Gasteiger partial charge in [-0.05, 0) is 142 Å². The minimum absolute atomic E-state index is 1.05. The van der Waals surface area contributed by atoms with Crippen LogP contribution in [0.1, 0.15) is 0 Å². The first kappa shape index (κ1) is 38.8. The lowest BCUT2D eigenvalue weighted by atomic mass is 9.99. The molecule has 0 radical (unpaired) electrons. The molecule has 63 heavy (non-hydrogen) atoms. The van der Waals surface area contributed by atoms with Crippen LogP contribution >= 0.6 is 0 Å². The Bertz CT molecular complexity index is 2700. The van der Waals surface area contributed by atoms with E-state index in [1.807, 2.05) is 0 Å². The van der Waals surface area contributed by atoms with Crippen molar-refractivity contribution in [3.63, 3.8) is 0 Å². The van der Waals surface area contributed by atoms with Crippen molar-refractivity contribution in [3.05, 3.63) is 267 Å². The summed E-state index contributed by atoms with van der Waals surface area (Å²) in [5.74, 6) is 0. The zero-order valence-corrected chi connectivity index (χ0v) is 34.8. The van der Waals surface area contributed by atoms with Gasteiger partial charge in [0.1, 0.15) is 0 Å². The van der Waals surface area contributed by atoms with Crippen molar-refractivity contribution in [1.29, 1.82) is 0 Å². The molecule has 0 fully saturated rings. The van der Waals surface area contributed by atoms with Gasteiger partial charge in [-0.1, -0.05) is 170 Å². The van der Waals surface area contributed by atoms with Crippen LogP contribution in [0, 0.1) is 0 Å². The Hall–Kier alpha value is -8.40. The van der Waals surface area contributed by atoms with Gasteiger partial charge >= 0.3 is 0 Å². The van der Waals surface area contributed by atoms with E-state index in [1.165, 1.54) is 44.5 Å². The Morgan fingerprint density at radius 1 is 0.175 bits per heavy atom. The molecule has 300 valence electrons. The number of nitrogens with one attached hydrogen (secondary N) is 1. The number of para-hydroxylation sites is 4. The highest BCUT2D eigenvalue weighted by molar-refractivity contribution is 5.81. The summed E-state index contributed by atoms with van der Waals surface area (Å²) in [5, 5.41) is 3.58. The lowest BCUT2D eigenvalue weighted by Crippen LogP contribution is -2.09. The van der Waals surface area contributed by atoms with E-state index < -0.39 is 0 Å². The molecule has 0 heterocycles. The van der Waals surface area contributed by atoms with Crippen LogP contribution in [0.4, 0.5) is 45.5 Å². The molecule has 0 atom stereocenters. The first-order valence-electron chi connectivity index (χ1n) is 21.4. The summed E-state index contributed by atoms with van der Waals surface area (Å²) in [7, 11) is 0. The molecule has 0 unspecified atom stereocenters. The third kappa shape index (κ3) is 8.77. The molecule has 3 nitrogen and oxygen atoms in total. The highest BCUT2D eigenvalue weighted by atomic mass is 15.1. The van der Waals surface area contributed by atoms with Crippen molar-refractivity contribution in [2.75, 3.05) is 15.1 Å². The van der Waals surface area contributed by atoms with Crippen molar-refractivity contribution in [2.24, 2.45) is 0 Å². The number of rotatable bonds is 12. The second kappa shape index (κ2) is 18.1. The van der Waals surface area contributed by atoms with E-state index in [0.717, 1.165) is 45.5 Å². The normalized spacial score (nSPS) is 10.9. The first-order valence-corrected chi connectivity index (χ1v) is 21.4. The summed E-state index contributed by atoms with van der Waals surface area (Å²) in [4.78, 5) is 4.57. The molecule has 0 aliphatic carbocycles. The minimum Gasteiger partial charge on any atom is -0.356 e. The smallest absolute Gasteiger partial charge is 0.0462 e. The highest BCUT2D eigenvalue weighted by Gasteiger charge is 2.14. The third-order valence-corrected chi connectivity index (χ3v) is 11.5. The Balaban J connectivity index is 0.767. The topological polar surface area (TPSA) is 18.5 Å². The number of nitrogens with zero attached hydrogens (tertiary/aromatic N) is 2. The number of benzene rings is 10. The van der Waals surface area contributed by atoms with Gasteiger partial charge in [-0.15, -0.1) is 0 Å². The van der Waals surface area contributed by atoms with Crippen LogP contribution in [-0.2, 0) is 0 Å². The van der Waals surface area contributed by atoms with E-state index in [-0.39, 0.29) is 0 Å². The van der Waals surface area contributed by atoms with E-state index in [1.54, 1.807) is 0 Å². The van der Waals surface area contributed by atoms with E-state index >= 15 is 0 Å². The summed E-state index contributed by atoms with van der Waals surface area (Å²) in [6, 6.07) is 94.7. The second-order valence-corrected chi connectivity index (χ2v) is 15.5. The fourth-order valence-electron chi connectivity index (χ4n) is 8.18. The molecular weight excluding hydrogens is 763 g/mol. The molecule has 0 aliphatic heterocycles. The largest absolute Gasteiger partial charge is 0.356 e. The van der Waals surface area contributed by atoms with Crippen LogP contribution < -0.4 is 15.1 Å². The third-order valence-electron chi connectivity index (χ3n) is 11.5. The van der Waals surface area contributed by atoms with Crippen LogP contribution in [0.2, 0.25) is 0 Å². The maximum atomic E-state index is 3.58. The molecule has 10 aromatic carbocycles. The predicted octanol–water partition coefficient (Wildman–Crippen LogP) is 17.0. The SMILES string of the molecule is c1ccc(N(c2ccccc2)c2ccc(-c3ccc(-c4ccc(Nc5ccc(-c6ccc(-c7ccc(N(c8ccccc8)c8ccccc8)cc7)cc6)cc5)cc4)cc3)cc2)cc1. The maximum Gasteiger partial charge on any atom is 0.0462 e. The average Bonchev–Trinajstić information content (AvgIpc) is 3.37. The lowest BCUT2D eigenvalue weighted by Gasteiger charge is -2.25. The van der Waals surface area contributed by atoms with Gasteiger partial charge < -0.3 is 15.1 Å². The molecule has 0 amide bonds. The Morgan fingerprint density at radius 3 is 0.571 bits per heavy atom. The van der Waals surface area contributed by atoms with E-state index in [9.17, 15) is 0 Å². The zero-order chi connectivity index (χ0) is 42.2. The molecule has 3 heteroatoms. The Morgan fingerprint density at radius 2 is 0.349 bits per heavy atom. The van der Waals surface area contributed by atoms with Gasteiger partial charge in [-0.2, -0.15) is 0 Å². The standard InChI is InChI=1S/C60H45N3/c1-5-13-55(14-6-1)62(56-15-7-2-8-16-56)59-41-33-51(34-42-59)47-25-21-45(22-26-47)49-29-37-53(38-30-49)61-54-39-31-50(32-40-54)46-23-27-48(28-24-46)52-35-43-60(44-36-52)63(57-17-9-3-10-18-57)58-19-11-4-12-20-58/h1-44,61H. The van der Waals surface area contributed by atoms with Gasteiger partial charge in [0.05, 0.1) is 0 Å². The summed E-state index contributed by atoms with van der Waals surface area (Å²) in [5.41, 5.74) is 18.4. The molecule has 10 rings (SSSR count). The summed E-state index contributed by atoms with van der Waals surface area (Å²) in [6.07, 6.45) is 0. The number of anilines is 8. The summed E-state index contributed by atoms with van der Waals surface area (Å²) >= 11 is 0. The van der Waals surface area contributed by atoms with E-state index in [4.69, 9.17) is 0 Å². The van der Waals surface area contributed by atoms with Crippen LogP contribution in [0.3, 0.4) is 0 Å². The molecule has 0 aromatic heterocycles. The van der Waals surface area contributed by atoms with E-state index in [2.05, 4.69) is 282 Å². The van der Waals surface area contributed by atoms with Gasteiger partial charge in [-0.25, -0.2) is 0 Å². The summed E-state index contributed by atoms with van der Waals surface area (Å²) < 4.78 is 0. The second-order valence-electron chi connectivity index (χ2n) is 15.5. The predicted molar refractivity (Wildman–Crippen MR) is 267 cm³/mol. The number of hydrogen-bond donors (Lipinski definition) is 1. The zero-order valence-electron chi connectivity index (χ0n) is 34.8. The van der Waals surface area contributed by atoms with Gasteiger partial charge in [0.15, 0.2) is 0 Å². The fourth-order valence-corrected chi connectivity index (χ4v) is 8.18. The number of hydrogen-bond acceptors (Lipinski definition) is 3. The van der Waals surface area contributed by atoms with Crippen LogP contribution in [0.25, 0.3) is 44.5 Å². The van der Waals surface area contributed by atoms with Crippen LogP contribution in [0.15, 0.2) is 267 Å².